The van der Waals surface area contributed by atoms with Crippen LogP contribution in [0.4, 0.5) is 5.82 Å². The molecule has 3 rings (SSSR count). The summed E-state index contributed by atoms with van der Waals surface area (Å²) in [7, 11) is 1.84. The largest absolute Gasteiger partial charge is 0.352 e. The minimum Gasteiger partial charge on any atom is -0.352 e. The number of amides is 2. The van der Waals surface area contributed by atoms with Gasteiger partial charge in [-0.3, -0.25) is 14.3 Å². The summed E-state index contributed by atoms with van der Waals surface area (Å²) in [5.41, 5.74) is 6.57. The van der Waals surface area contributed by atoms with Gasteiger partial charge in [0.2, 0.25) is 11.8 Å². The van der Waals surface area contributed by atoms with E-state index in [2.05, 4.69) is 25.3 Å². The predicted octanol–water partition coefficient (Wildman–Crippen LogP) is -0.0450. The van der Waals surface area contributed by atoms with Crippen LogP contribution in [0.25, 0.3) is 11.0 Å². The van der Waals surface area contributed by atoms with E-state index in [1.165, 1.54) is 6.33 Å². The summed E-state index contributed by atoms with van der Waals surface area (Å²) in [6.07, 6.45) is 3.29. The lowest BCUT2D eigenvalue weighted by Gasteiger charge is -2.35. The molecular formula is C17H28Cl2N8O2. The number of nitrogens with zero attached hydrogens (tertiary/aromatic N) is 6. The molecule has 2 aromatic heterocycles. The summed E-state index contributed by atoms with van der Waals surface area (Å²) in [5, 5.41) is 7.76. The van der Waals surface area contributed by atoms with Crippen molar-refractivity contribution in [2.45, 2.75) is 19.9 Å². The van der Waals surface area contributed by atoms with Crippen molar-refractivity contribution in [2.24, 2.45) is 18.7 Å². The van der Waals surface area contributed by atoms with E-state index in [0.717, 1.165) is 16.9 Å². The summed E-state index contributed by atoms with van der Waals surface area (Å²) in [5.74, 6) is 0.461. The number of hydrogen-bond donors (Lipinski definition) is 2. The molecule has 1 saturated heterocycles. The van der Waals surface area contributed by atoms with Crippen LogP contribution in [0.5, 0.6) is 0 Å². The second kappa shape index (κ2) is 10.6. The van der Waals surface area contributed by atoms with Crippen LogP contribution in [0.3, 0.4) is 0 Å². The third kappa shape index (κ3) is 5.46. The minimum absolute atomic E-state index is 0. The van der Waals surface area contributed by atoms with Crippen molar-refractivity contribution in [1.82, 2.24) is 30.0 Å². The van der Waals surface area contributed by atoms with Gasteiger partial charge < -0.3 is 20.9 Å². The lowest BCUT2D eigenvalue weighted by Crippen LogP contribution is -2.53. The molecule has 162 valence electrons. The van der Waals surface area contributed by atoms with Crippen LogP contribution in [0.15, 0.2) is 12.5 Å². The summed E-state index contributed by atoms with van der Waals surface area (Å²) >= 11 is 0. The van der Waals surface area contributed by atoms with Gasteiger partial charge in [0.05, 0.1) is 24.2 Å². The van der Waals surface area contributed by atoms with Crippen molar-refractivity contribution < 1.29 is 9.59 Å². The zero-order valence-electron chi connectivity index (χ0n) is 16.7. The van der Waals surface area contributed by atoms with Crippen molar-refractivity contribution in [3.8, 4) is 0 Å². The SMILES string of the molecule is CC(C)[C@H](N)C(=O)NCC(=O)N1CCN(c2ncnc3c2cnn3C)CC1.Cl.Cl. The predicted molar refractivity (Wildman–Crippen MR) is 115 cm³/mol. The molecular weight excluding hydrogens is 419 g/mol. The number of carbonyl (C=O) groups excluding carboxylic acids is 2. The minimum atomic E-state index is -0.602. The molecule has 0 bridgehead atoms. The highest BCUT2D eigenvalue weighted by Gasteiger charge is 2.25. The molecule has 1 aliphatic heterocycles. The number of nitrogens with one attached hydrogen (secondary N) is 1. The van der Waals surface area contributed by atoms with Crippen LogP contribution in [0, 0.1) is 5.92 Å². The topological polar surface area (TPSA) is 122 Å². The number of carbonyl (C=O) groups is 2. The first-order valence-electron chi connectivity index (χ1n) is 9.07. The molecule has 0 unspecified atom stereocenters. The van der Waals surface area contributed by atoms with Gasteiger partial charge in [-0.05, 0) is 5.92 Å². The molecule has 1 fully saturated rings. The highest BCUT2D eigenvalue weighted by molar-refractivity contribution is 5.88. The smallest absolute Gasteiger partial charge is 0.242 e. The van der Waals surface area contributed by atoms with Crippen molar-refractivity contribution >= 4 is 53.5 Å². The molecule has 2 amide bonds. The van der Waals surface area contributed by atoms with E-state index in [1.807, 2.05) is 20.9 Å². The van der Waals surface area contributed by atoms with Crippen LogP contribution in [0.1, 0.15) is 13.8 Å². The van der Waals surface area contributed by atoms with Crippen molar-refractivity contribution in [2.75, 3.05) is 37.6 Å². The molecule has 3 N–H and O–H groups in total. The van der Waals surface area contributed by atoms with Crippen LogP contribution >= 0.6 is 24.8 Å². The fourth-order valence-electron chi connectivity index (χ4n) is 3.06. The molecule has 0 spiro atoms. The van der Waals surface area contributed by atoms with Gasteiger partial charge in [-0.25, -0.2) is 9.97 Å². The van der Waals surface area contributed by atoms with Gasteiger partial charge in [0, 0.05) is 33.2 Å². The number of aromatic nitrogens is 4. The van der Waals surface area contributed by atoms with Gasteiger partial charge >= 0.3 is 0 Å². The molecule has 1 aliphatic rings. The average Bonchev–Trinajstić information content (AvgIpc) is 3.06. The van der Waals surface area contributed by atoms with Crippen molar-refractivity contribution in [3.63, 3.8) is 0 Å². The number of fused-ring (bicyclic) bond motifs is 1. The molecule has 3 heterocycles. The number of aryl methyl sites for hydroxylation is 1. The maximum atomic E-state index is 12.4. The Morgan fingerprint density at radius 3 is 2.45 bits per heavy atom. The van der Waals surface area contributed by atoms with Crippen LogP contribution in [-0.2, 0) is 16.6 Å². The van der Waals surface area contributed by atoms with Gasteiger partial charge in [-0.2, -0.15) is 5.10 Å². The normalized spacial score (nSPS) is 14.9. The first-order valence-corrected chi connectivity index (χ1v) is 9.07. The number of piperazine rings is 1. The molecule has 29 heavy (non-hydrogen) atoms. The Kier molecular flexibility index (Phi) is 9.06. The second-order valence-corrected chi connectivity index (χ2v) is 7.06. The van der Waals surface area contributed by atoms with Gasteiger partial charge in [0.15, 0.2) is 5.65 Å². The second-order valence-electron chi connectivity index (χ2n) is 7.06. The molecule has 0 radical (unpaired) electrons. The van der Waals surface area contributed by atoms with E-state index >= 15 is 0 Å². The molecule has 0 aromatic carbocycles. The van der Waals surface area contributed by atoms with Crippen molar-refractivity contribution in [3.05, 3.63) is 12.5 Å². The molecule has 12 heteroatoms. The Morgan fingerprint density at radius 1 is 1.17 bits per heavy atom. The summed E-state index contributed by atoms with van der Waals surface area (Å²) in [6.45, 7) is 6.17. The maximum absolute atomic E-state index is 12.4. The highest BCUT2D eigenvalue weighted by atomic mass is 35.5. The van der Waals surface area contributed by atoms with E-state index in [1.54, 1.807) is 15.8 Å². The Morgan fingerprint density at radius 2 is 1.83 bits per heavy atom. The Labute approximate surface area is 182 Å². The number of anilines is 1. The van der Waals surface area contributed by atoms with E-state index in [4.69, 9.17) is 5.73 Å². The fraction of sp³-hybridized carbons (Fsp3) is 0.588. The molecule has 1 atom stereocenters. The summed E-state index contributed by atoms with van der Waals surface area (Å²) in [4.78, 5) is 36.8. The zero-order valence-corrected chi connectivity index (χ0v) is 18.4. The third-order valence-corrected chi connectivity index (χ3v) is 4.88. The van der Waals surface area contributed by atoms with Crippen molar-refractivity contribution in [1.29, 1.82) is 0 Å². The van der Waals surface area contributed by atoms with Gasteiger partial charge in [-0.1, -0.05) is 13.8 Å². The maximum Gasteiger partial charge on any atom is 0.242 e. The number of rotatable bonds is 5. The fourth-order valence-corrected chi connectivity index (χ4v) is 3.06. The van der Waals surface area contributed by atoms with Crippen LogP contribution < -0.4 is 16.0 Å². The first-order chi connectivity index (χ1) is 12.9. The highest BCUT2D eigenvalue weighted by Crippen LogP contribution is 2.23. The molecule has 2 aromatic rings. The molecule has 0 saturated carbocycles. The van der Waals surface area contributed by atoms with Gasteiger partial charge in [0.25, 0.3) is 0 Å². The lowest BCUT2D eigenvalue weighted by atomic mass is 10.1. The number of halogens is 2. The number of nitrogens with two attached hydrogens (primary N) is 1. The molecule has 0 aliphatic carbocycles. The standard InChI is InChI=1S/C17H26N8O2.2ClH/c1-11(2)14(18)17(27)19-9-13(26)24-4-6-25(7-5-24)16-12-8-22-23(3)15(12)20-10-21-16;;/h8,10-11,14H,4-7,9,18H2,1-3H3,(H,19,27);2*1H/t14-;;/m0../s1. The zero-order chi connectivity index (χ0) is 19.6. The van der Waals surface area contributed by atoms with E-state index in [0.29, 0.717) is 26.2 Å². The van der Waals surface area contributed by atoms with E-state index in [-0.39, 0.29) is 49.1 Å². The first kappa shape index (κ1) is 24.9. The average molecular weight is 447 g/mol. The lowest BCUT2D eigenvalue weighted by molar-refractivity contribution is -0.133. The van der Waals surface area contributed by atoms with E-state index < -0.39 is 6.04 Å². The number of hydrogen-bond acceptors (Lipinski definition) is 7. The quantitative estimate of drug-likeness (QED) is 0.659. The Balaban J connectivity index is 0.00000210. The van der Waals surface area contributed by atoms with Crippen LogP contribution in [0.2, 0.25) is 0 Å². The molecule has 10 nitrogen and oxygen atoms in total. The van der Waals surface area contributed by atoms with E-state index in [9.17, 15) is 9.59 Å². The third-order valence-electron chi connectivity index (χ3n) is 4.88. The van der Waals surface area contributed by atoms with Crippen LogP contribution in [-0.4, -0.2) is 75.2 Å². The van der Waals surface area contributed by atoms with Gasteiger partial charge in [0.1, 0.15) is 12.1 Å². The summed E-state index contributed by atoms with van der Waals surface area (Å²) < 4.78 is 1.71. The summed E-state index contributed by atoms with van der Waals surface area (Å²) in [6, 6.07) is -0.602. The van der Waals surface area contributed by atoms with Gasteiger partial charge in [-0.15, -0.1) is 24.8 Å². The Bertz CT molecular complexity index is 836. The monoisotopic (exact) mass is 446 g/mol. The Hall–Kier alpha value is -2.17.